The summed E-state index contributed by atoms with van der Waals surface area (Å²) in [6.07, 6.45) is 0. The third-order valence-corrected chi connectivity index (χ3v) is 0.834. The van der Waals surface area contributed by atoms with Crippen LogP contribution in [0.5, 0.6) is 0 Å². The molecule has 42 valence electrons. The van der Waals surface area contributed by atoms with Crippen molar-refractivity contribution in [2.24, 2.45) is 0 Å². The largest absolute Gasteiger partial charge is 0.283 e. The third-order valence-electron chi connectivity index (χ3n) is 0.834. The third kappa shape index (κ3) is 1.80. The number of aromatic nitrogens is 2. The first kappa shape index (κ1) is 7.92. The summed E-state index contributed by atoms with van der Waals surface area (Å²) < 4.78 is 0. The molecular weight excluding hydrogens is 136 g/mol. The number of nitrogens with zero attached hydrogens (tertiary/aromatic N) is 1. The molecule has 0 aliphatic heterocycles. The van der Waals surface area contributed by atoms with Gasteiger partial charge in [0.05, 0.1) is 5.69 Å². The molecule has 0 aliphatic carbocycles. The van der Waals surface area contributed by atoms with E-state index in [0.717, 1.165) is 11.4 Å². The molecule has 3 heteroatoms. The standard InChI is InChI=1S/C5H8N2.Ti/c1-4-3-5(2)7-6-4;/h3H,1-2H3,(H,6,7);. The summed E-state index contributed by atoms with van der Waals surface area (Å²) in [5.74, 6) is 0. The van der Waals surface area contributed by atoms with Crippen molar-refractivity contribution in [3.05, 3.63) is 17.5 Å². The number of rotatable bonds is 0. The summed E-state index contributed by atoms with van der Waals surface area (Å²) in [6.45, 7) is 3.95. The molecule has 0 fully saturated rings. The predicted octanol–water partition coefficient (Wildman–Crippen LogP) is 1.02. The maximum atomic E-state index is 3.89. The van der Waals surface area contributed by atoms with Crippen LogP contribution in [0.4, 0.5) is 0 Å². The van der Waals surface area contributed by atoms with Gasteiger partial charge in [-0.1, -0.05) is 0 Å². The Labute approximate surface area is 63.6 Å². The summed E-state index contributed by atoms with van der Waals surface area (Å²) in [4.78, 5) is 0. The van der Waals surface area contributed by atoms with Gasteiger partial charge in [0.2, 0.25) is 0 Å². The molecule has 1 aromatic heterocycles. The molecule has 0 aromatic carbocycles. The zero-order chi connectivity index (χ0) is 5.28. The van der Waals surface area contributed by atoms with Gasteiger partial charge in [0.1, 0.15) is 0 Å². The fourth-order valence-corrected chi connectivity index (χ4v) is 0.554. The van der Waals surface area contributed by atoms with Crippen LogP contribution in [0.1, 0.15) is 11.4 Å². The van der Waals surface area contributed by atoms with Crippen molar-refractivity contribution >= 4 is 0 Å². The van der Waals surface area contributed by atoms with E-state index >= 15 is 0 Å². The van der Waals surface area contributed by atoms with Crippen molar-refractivity contribution in [3.63, 3.8) is 0 Å². The molecule has 0 amide bonds. The molecule has 0 aliphatic rings. The van der Waals surface area contributed by atoms with Gasteiger partial charge >= 0.3 is 0 Å². The van der Waals surface area contributed by atoms with E-state index in [0.29, 0.717) is 0 Å². The normalized spacial score (nSPS) is 8.25. The fourth-order valence-electron chi connectivity index (χ4n) is 0.554. The average molecular weight is 144 g/mol. The zero-order valence-corrected chi connectivity index (χ0v) is 6.59. The van der Waals surface area contributed by atoms with Crippen LogP contribution in [-0.2, 0) is 21.7 Å². The Bertz CT molecular complexity index is 143. The van der Waals surface area contributed by atoms with Gasteiger partial charge in [-0.2, -0.15) is 5.10 Å². The van der Waals surface area contributed by atoms with E-state index in [2.05, 4.69) is 10.2 Å². The van der Waals surface area contributed by atoms with Crippen molar-refractivity contribution in [2.45, 2.75) is 13.8 Å². The molecule has 1 aromatic rings. The molecule has 0 atom stereocenters. The number of hydrogen-bond acceptors (Lipinski definition) is 1. The minimum Gasteiger partial charge on any atom is -0.283 e. The Hall–Kier alpha value is -0.0757. The molecule has 0 saturated heterocycles. The zero-order valence-electron chi connectivity index (χ0n) is 5.02. The molecule has 8 heavy (non-hydrogen) atoms. The first-order valence-electron chi connectivity index (χ1n) is 2.27. The van der Waals surface area contributed by atoms with E-state index in [1.807, 2.05) is 19.9 Å². The average Bonchev–Trinajstić information content (AvgIpc) is 1.87. The molecule has 0 unspecified atom stereocenters. The van der Waals surface area contributed by atoms with Gasteiger partial charge in [-0.05, 0) is 19.9 Å². The van der Waals surface area contributed by atoms with Crippen molar-refractivity contribution in [1.29, 1.82) is 0 Å². The second-order valence-electron chi connectivity index (χ2n) is 1.69. The van der Waals surface area contributed by atoms with Crippen molar-refractivity contribution in [1.82, 2.24) is 10.2 Å². The van der Waals surface area contributed by atoms with Crippen molar-refractivity contribution in [2.75, 3.05) is 0 Å². The molecular formula is C5H8N2Ti. The topological polar surface area (TPSA) is 28.7 Å². The maximum Gasteiger partial charge on any atom is 0.0593 e. The molecule has 0 radical (unpaired) electrons. The van der Waals surface area contributed by atoms with E-state index in [9.17, 15) is 0 Å². The molecule has 0 bridgehead atoms. The minimum atomic E-state index is 0. The fraction of sp³-hybridized carbons (Fsp3) is 0.400. The SMILES string of the molecule is Cc1cc(C)[nH]n1.[Ti]. The molecule has 1 N–H and O–H groups in total. The quantitative estimate of drug-likeness (QED) is 0.541. The summed E-state index contributed by atoms with van der Waals surface area (Å²) in [7, 11) is 0. The summed E-state index contributed by atoms with van der Waals surface area (Å²) in [6, 6.07) is 2.00. The van der Waals surface area contributed by atoms with Crippen molar-refractivity contribution < 1.29 is 21.7 Å². The Morgan fingerprint density at radius 2 is 2.12 bits per heavy atom. The van der Waals surface area contributed by atoms with E-state index in [-0.39, 0.29) is 21.7 Å². The number of hydrogen-bond donors (Lipinski definition) is 1. The van der Waals surface area contributed by atoms with Crippen LogP contribution in [0.25, 0.3) is 0 Å². The first-order valence-corrected chi connectivity index (χ1v) is 2.27. The maximum absolute atomic E-state index is 3.89. The van der Waals surface area contributed by atoms with Crippen LogP contribution in [0, 0.1) is 13.8 Å². The first-order chi connectivity index (χ1) is 3.29. The van der Waals surface area contributed by atoms with Crippen LogP contribution in [-0.4, -0.2) is 10.2 Å². The van der Waals surface area contributed by atoms with Gasteiger partial charge in [-0.15, -0.1) is 0 Å². The second kappa shape index (κ2) is 3.05. The monoisotopic (exact) mass is 144 g/mol. The van der Waals surface area contributed by atoms with Gasteiger partial charge in [0.25, 0.3) is 0 Å². The number of aromatic amines is 1. The molecule has 2 nitrogen and oxygen atoms in total. The molecule has 0 spiro atoms. The second-order valence-corrected chi connectivity index (χ2v) is 1.69. The van der Waals surface area contributed by atoms with Gasteiger partial charge in [0.15, 0.2) is 0 Å². The van der Waals surface area contributed by atoms with Gasteiger partial charge in [0, 0.05) is 27.4 Å². The summed E-state index contributed by atoms with van der Waals surface area (Å²) >= 11 is 0. The molecule has 1 heterocycles. The molecule has 1 rings (SSSR count). The Morgan fingerprint density at radius 3 is 2.25 bits per heavy atom. The summed E-state index contributed by atoms with van der Waals surface area (Å²) in [5.41, 5.74) is 2.18. The number of nitrogens with one attached hydrogen (secondary N) is 1. The summed E-state index contributed by atoms with van der Waals surface area (Å²) in [5, 5.41) is 6.71. The van der Waals surface area contributed by atoms with E-state index < -0.39 is 0 Å². The number of H-pyrrole nitrogens is 1. The van der Waals surface area contributed by atoms with Crippen molar-refractivity contribution in [3.8, 4) is 0 Å². The smallest absolute Gasteiger partial charge is 0.0593 e. The van der Waals surface area contributed by atoms with Gasteiger partial charge < -0.3 is 0 Å². The van der Waals surface area contributed by atoms with Gasteiger partial charge in [-0.3, -0.25) is 5.10 Å². The predicted molar refractivity (Wildman–Crippen MR) is 28.1 cm³/mol. The van der Waals surface area contributed by atoms with E-state index in [4.69, 9.17) is 0 Å². The van der Waals surface area contributed by atoms with E-state index in [1.165, 1.54) is 0 Å². The Kier molecular flexibility index (Phi) is 3.02. The molecule has 0 saturated carbocycles. The number of aryl methyl sites for hydroxylation is 2. The Balaban J connectivity index is 0.000000490. The minimum absolute atomic E-state index is 0. The van der Waals surface area contributed by atoms with Crippen LogP contribution in [0.3, 0.4) is 0 Å². The van der Waals surface area contributed by atoms with Crippen LogP contribution in [0.15, 0.2) is 6.07 Å². The van der Waals surface area contributed by atoms with E-state index in [1.54, 1.807) is 0 Å². The van der Waals surface area contributed by atoms with Crippen LogP contribution < -0.4 is 0 Å². The van der Waals surface area contributed by atoms with Gasteiger partial charge in [-0.25, -0.2) is 0 Å². The Morgan fingerprint density at radius 1 is 1.50 bits per heavy atom. The van der Waals surface area contributed by atoms with Crippen LogP contribution >= 0.6 is 0 Å². The van der Waals surface area contributed by atoms with Crippen LogP contribution in [0.2, 0.25) is 0 Å².